The van der Waals surface area contributed by atoms with Crippen molar-refractivity contribution in [1.29, 1.82) is 5.26 Å². The Labute approximate surface area is 152 Å². The number of allylic oxidation sites excluding steroid dienone is 1. The van der Waals surface area contributed by atoms with E-state index in [1.54, 1.807) is 0 Å². The van der Waals surface area contributed by atoms with E-state index in [0.29, 0.717) is 11.3 Å². The molecule has 8 heteroatoms. The summed E-state index contributed by atoms with van der Waals surface area (Å²) in [5.41, 5.74) is 2.62. The van der Waals surface area contributed by atoms with Crippen LogP contribution in [0.3, 0.4) is 0 Å². The minimum Gasteiger partial charge on any atom is -0.337 e. The molecule has 0 bridgehead atoms. The van der Waals surface area contributed by atoms with Crippen LogP contribution < -0.4 is 0 Å². The Morgan fingerprint density at radius 2 is 2.12 bits per heavy atom. The molecule has 0 fully saturated rings. The maximum atomic E-state index is 11.0. The summed E-state index contributed by atoms with van der Waals surface area (Å²) in [7, 11) is 0. The SMILES string of the molecule is Cc1ccc2nc(/C(C#N)=C/c3c(Cl)ccc([N+](=O)[O-])c3Cl)[nH]c2c1. The highest BCUT2D eigenvalue weighted by Gasteiger charge is 2.19. The lowest BCUT2D eigenvalue weighted by Crippen LogP contribution is -1.92. The molecule has 1 N–H and O–H groups in total. The number of hydrogen-bond acceptors (Lipinski definition) is 4. The van der Waals surface area contributed by atoms with Crippen LogP contribution in [0.2, 0.25) is 10.0 Å². The third-order valence-electron chi connectivity index (χ3n) is 3.60. The molecule has 1 heterocycles. The van der Waals surface area contributed by atoms with Gasteiger partial charge in [0.2, 0.25) is 0 Å². The molecule has 0 atom stereocenters. The molecule has 1 aromatic heterocycles. The molecule has 6 nitrogen and oxygen atoms in total. The molecule has 0 radical (unpaired) electrons. The van der Waals surface area contributed by atoms with Crippen LogP contribution in [0.15, 0.2) is 30.3 Å². The van der Waals surface area contributed by atoms with Crippen molar-refractivity contribution in [3.05, 3.63) is 67.4 Å². The number of fused-ring (bicyclic) bond motifs is 1. The first kappa shape index (κ1) is 17.0. The van der Waals surface area contributed by atoms with Gasteiger partial charge in [-0.3, -0.25) is 10.1 Å². The van der Waals surface area contributed by atoms with Gasteiger partial charge in [0, 0.05) is 16.7 Å². The molecular weight excluding hydrogens is 363 g/mol. The van der Waals surface area contributed by atoms with E-state index < -0.39 is 4.92 Å². The van der Waals surface area contributed by atoms with Crippen molar-refractivity contribution < 1.29 is 4.92 Å². The molecular formula is C17H10Cl2N4O2. The number of aryl methyl sites for hydroxylation is 1. The van der Waals surface area contributed by atoms with Crippen LogP contribution in [-0.2, 0) is 0 Å². The van der Waals surface area contributed by atoms with Gasteiger partial charge in [0.15, 0.2) is 0 Å². The molecule has 3 rings (SSSR count). The number of hydrogen-bond donors (Lipinski definition) is 1. The van der Waals surface area contributed by atoms with Gasteiger partial charge >= 0.3 is 0 Å². The smallest absolute Gasteiger partial charge is 0.288 e. The number of rotatable bonds is 3. The molecule has 0 saturated carbocycles. The zero-order chi connectivity index (χ0) is 18.1. The van der Waals surface area contributed by atoms with E-state index in [9.17, 15) is 15.4 Å². The number of H-pyrrole nitrogens is 1. The largest absolute Gasteiger partial charge is 0.337 e. The minimum absolute atomic E-state index is 0.128. The Bertz CT molecular complexity index is 1080. The quantitative estimate of drug-likeness (QED) is 0.390. The number of aromatic nitrogens is 2. The van der Waals surface area contributed by atoms with E-state index in [2.05, 4.69) is 9.97 Å². The zero-order valence-electron chi connectivity index (χ0n) is 12.9. The van der Waals surface area contributed by atoms with Gasteiger partial charge in [-0.1, -0.05) is 29.3 Å². The summed E-state index contributed by atoms with van der Waals surface area (Å²) in [6, 6.07) is 10.3. The zero-order valence-corrected chi connectivity index (χ0v) is 14.4. The summed E-state index contributed by atoms with van der Waals surface area (Å²) in [6.45, 7) is 1.95. The number of benzene rings is 2. The van der Waals surface area contributed by atoms with Crippen LogP contribution in [0.4, 0.5) is 5.69 Å². The van der Waals surface area contributed by atoms with Crippen molar-refractivity contribution in [3.63, 3.8) is 0 Å². The molecule has 25 heavy (non-hydrogen) atoms. The van der Waals surface area contributed by atoms with Gasteiger partial charge in [0.05, 0.1) is 21.5 Å². The Morgan fingerprint density at radius 3 is 2.80 bits per heavy atom. The van der Waals surface area contributed by atoms with Gasteiger partial charge < -0.3 is 4.98 Å². The highest BCUT2D eigenvalue weighted by atomic mass is 35.5. The van der Waals surface area contributed by atoms with Crippen LogP contribution in [0.5, 0.6) is 0 Å². The number of nitrogens with zero attached hydrogens (tertiary/aromatic N) is 3. The van der Waals surface area contributed by atoms with Crippen LogP contribution in [-0.4, -0.2) is 14.9 Å². The topological polar surface area (TPSA) is 95.6 Å². The molecule has 124 valence electrons. The predicted molar refractivity (Wildman–Crippen MR) is 97.4 cm³/mol. The number of nitrogens with one attached hydrogen (secondary N) is 1. The minimum atomic E-state index is -0.605. The van der Waals surface area contributed by atoms with E-state index in [4.69, 9.17) is 23.2 Å². The first-order chi connectivity index (χ1) is 11.9. The first-order valence-electron chi connectivity index (χ1n) is 7.11. The van der Waals surface area contributed by atoms with Crippen molar-refractivity contribution in [3.8, 4) is 6.07 Å². The molecule has 3 aromatic rings. The van der Waals surface area contributed by atoms with Crippen molar-refractivity contribution in [2.45, 2.75) is 6.92 Å². The fraction of sp³-hybridized carbons (Fsp3) is 0.0588. The van der Waals surface area contributed by atoms with E-state index >= 15 is 0 Å². The van der Waals surface area contributed by atoms with Gasteiger partial charge in [-0.2, -0.15) is 5.26 Å². The van der Waals surface area contributed by atoms with Crippen molar-refractivity contribution in [2.75, 3.05) is 0 Å². The van der Waals surface area contributed by atoms with Crippen LogP contribution in [0.25, 0.3) is 22.7 Å². The summed E-state index contributed by atoms with van der Waals surface area (Å²) >= 11 is 12.2. The van der Waals surface area contributed by atoms with Gasteiger partial charge in [-0.15, -0.1) is 0 Å². The van der Waals surface area contributed by atoms with E-state index in [0.717, 1.165) is 11.1 Å². The van der Waals surface area contributed by atoms with E-state index in [1.165, 1.54) is 18.2 Å². The molecule has 0 aliphatic heterocycles. The second kappa shape index (κ2) is 6.55. The third kappa shape index (κ3) is 3.20. The average Bonchev–Trinajstić information content (AvgIpc) is 2.97. The maximum Gasteiger partial charge on any atom is 0.288 e. The summed E-state index contributed by atoms with van der Waals surface area (Å²) in [6.07, 6.45) is 1.39. The highest BCUT2D eigenvalue weighted by Crippen LogP contribution is 2.35. The number of nitriles is 1. The lowest BCUT2D eigenvalue weighted by atomic mass is 10.1. The molecule has 0 saturated heterocycles. The van der Waals surface area contributed by atoms with E-state index in [1.807, 2.05) is 31.2 Å². The highest BCUT2D eigenvalue weighted by molar-refractivity contribution is 6.38. The van der Waals surface area contributed by atoms with Gasteiger partial charge in [0.1, 0.15) is 16.9 Å². The van der Waals surface area contributed by atoms with Crippen molar-refractivity contribution >= 4 is 51.6 Å². The number of nitro groups is 1. The van der Waals surface area contributed by atoms with Gasteiger partial charge in [-0.05, 0) is 36.8 Å². The molecule has 0 spiro atoms. The van der Waals surface area contributed by atoms with Gasteiger partial charge in [0.25, 0.3) is 5.69 Å². The lowest BCUT2D eigenvalue weighted by molar-refractivity contribution is -0.384. The molecule has 0 unspecified atom stereocenters. The number of imidazole rings is 1. The number of nitro benzene ring substituents is 1. The van der Waals surface area contributed by atoms with E-state index in [-0.39, 0.29) is 26.9 Å². The maximum absolute atomic E-state index is 11.0. The summed E-state index contributed by atoms with van der Waals surface area (Å²) < 4.78 is 0. The van der Waals surface area contributed by atoms with Crippen LogP contribution in [0, 0.1) is 28.4 Å². The number of aromatic amines is 1. The summed E-state index contributed by atoms with van der Waals surface area (Å²) in [5.74, 6) is 0.335. The van der Waals surface area contributed by atoms with Gasteiger partial charge in [-0.25, -0.2) is 4.98 Å². The monoisotopic (exact) mass is 372 g/mol. The third-order valence-corrected chi connectivity index (χ3v) is 4.33. The summed E-state index contributed by atoms with van der Waals surface area (Å²) in [5, 5.41) is 20.6. The van der Waals surface area contributed by atoms with Crippen molar-refractivity contribution in [2.24, 2.45) is 0 Å². The molecule has 0 aliphatic rings. The lowest BCUT2D eigenvalue weighted by Gasteiger charge is -2.03. The second-order valence-electron chi connectivity index (χ2n) is 5.33. The molecule has 0 aliphatic carbocycles. The Hall–Kier alpha value is -2.88. The van der Waals surface area contributed by atoms with Crippen molar-refractivity contribution in [1.82, 2.24) is 9.97 Å². The molecule has 0 amide bonds. The second-order valence-corrected chi connectivity index (χ2v) is 6.11. The fourth-order valence-corrected chi connectivity index (χ4v) is 2.93. The summed E-state index contributed by atoms with van der Waals surface area (Å²) in [4.78, 5) is 17.9. The Morgan fingerprint density at radius 1 is 1.36 bits per heavy atom. The van der Waals surface area contributed by atoms with Crippen LogP contribution in [0.1, 0.15) is 17.0 Å². The number of halogens is 2. The van der Waals surface area contributed by atoms with Crippen LogP contribution >= 0.6 is 23.2 Å². The average molecular weight is 373 g/mol. The first-order valence-corrected chi connectivity index (χ1v) is 7.87. The predicted octanol–water partition coefficient (Wildman–Crippen LogP) is 5.15. The Kier molecular flexibility index (Phi) is 4.45. The molecule has 2 aromatic carbocycles. The fourth-order valence-electron chi connectivity index (χ4n) is 2.38. The standard InChI is InChI=1S/C17H10Cl2N4O2/c1-9-2-4-13-14(6-9)22-17(21-13)10(8-20)7-11-12(18)3-5-15(16(11)19)23(24)25/h2-7H,1H3,(H,21,22)/b10-7+. The Balaban J connectivity index is 2.16. The normalized spacial score (nSPS) is 11.5.